The monoisotopic (exact) mass is 201 g/mol. The van der Waals surface area contributed by atoms with Crippen molar-refractivity contribution in [3.63, 3.8) is 0 Å². The van der Waals surface area contributed by atoms with Gasteiger partial charge < -0.3 is 5.73 Å². The Balaban J connectivity index is 2.58. The summed E-state index contributed by atoms with van der Waals surface area (Å²) >= 11 is 2.14. The van der Waals surface area contributed by atoms with Gasteiger partial charge in [0.2, 0.25) is 0 Å². The summed E-state index contributed by atoms with van der Waals surface area (Å²) in [5, 5.41) is 0.768. The van der Waals surface area contributed by atoms with Crippen molar-refractivity contribution < 1.29 is 0 Å². The van der Waals surface area contributed by atoms with Crippen LogP contribution in [-0.2, 0) is 0 Å². The van der Waals surface area contributed by atoms with Crippen LogP contribution in [0.2, 0.25) is 0 Å². The minimum atomic E-state index is 0.412. The summed E-state index contributed by atoms with van der Waals surface area (Å²) in [4.78, 5) is 0. The molecule has 0 radical (unpaired) electrons. The lowest BCUT2D eigenvalue weighted by atomic mass is 9.97. The van der Waals surface area contributed by atoms with Crippen LogP contribution < -0.4 is 5.73 Å². The molecule has 0 aromatic carbocycles. The van der Waals surface area contributed by atoms with Crippen LogP contribution in [0.25, 0.3) is 0 Å². The van der Waals surface area contributed by atoms with Crippen molar-refractivity contribution in [2.75, 3.05) is 6.54 Å². The van der Waals surface area contributed by atoms with Crippen molar-refractivity contribution >= 4 is 11.8 Å². The zero-order valence-corrected chi connectivity index (χ0v) is 9.99. The molecule has 0 aromatic heterocycles. The van der Waals surface area contributed by atoms with Gasteiger partial charge in [0.05, 0.1) is 0 Å². The summed E-state index contributed by atoms with van der Waals surface area (Å²) in [6.07, 6.45) is 5.35. The lowest BCUT2D eigenvalue weighted by molar-refractivity contribution is 0.473. The van der Waals surface area contributed by atoms with Gasteiger partial charge in [-0.15, -0.1) is 0 Å². The zero-order chi connectivity index (χ0) is 9.90. The van der Waals surface area contributed by atoms with Crippen molar-refractivity contribution in [2.45, 2.75) is 56.5 Å². The molecule has 1 fully saturated rings. The Bertz CT molecular complexity index is 160. The summed E-state index contributed by atoms with van der Waals surface area (Å²) in [7, 11) is 0. The van der Waals surface area contributed by atoms with Gasteiger partial charge in [-0.3, -0.25) is 0 Å². The van der Waals surface area contributed by atoms with Crippen LogP contribution >= 0.6 is 11.8 Å². The Morgan fingerprint density at radius 2 is 2.31 bits per heavy atom. The molecule has 1 aliphatic carbocycles. The van der Waals surface area contributed by atoms with Crippen LogP contribution in [0.4, 0.5) is 0 Å². The summed E-state index contributed by atoms with van der Waals surface area (Å²) < 4.78 is 0.412. The molecular weight excluding hydrogens is 178 g/mol. The predicted octanol–water partition coefficient (Wildman–Crippen LogP) is 3.04. The Morgan fingerprint density at radius 3 is 2.69 bits per heavy atom. The fraction of sp³-hybridized carbons (Fsp3) is 1.00. The van der Waals surface area contributed by atoms with Crippen molar-refractivity contribution in [1.29, 1.82) is 0 Å². The topological polar surface area (TPSA) is 26.0 Å². The number of nitrogens with two attached hydrogens (primary N) is 1. The van der Waals surface area contributed by atoms with E-state index < -0.39 is 0 Å². The average Bonchev–Trinajstić information content (AvgIpc) is 2.48. The van der Waals surface area contributed by atoms with Crippen molar-refractivity contribution in [2.24, 2.45) is 11.7 Å². The molecule has 0 spiro atoms. The van der Waals surface area contributed by atoms with Gasteiger partial charge in [-0.1, -0.05) is 27.2 Å². The maximum absolute atomic E-state index is 5.94. The van der Waals surface area contributed by atoms with Gasteiger partial charge in [0.25, 0.3) is 0 Å². The molecule has 2 N–H and O–H groups in total. The van der Waals surface area contributed by atoms with E-state index in [4.69, 9.17) is 5.73 Å². The van der Waals surface area contributed by atoms with Gasteiger partial charge in [-0.2, -0.15) is 11.8 Å². The van der Waals surface area contributed by atoms with Crippen molar-refractivity contribution in [3.05, 3.63) is 0 Å². The van der Waals surface area contributed by atoms with Crippen molar-refractivity contribution in [1.82, 2.24) is 0 Å². The highest BCUT2D eigenvalue weighted by atomic mass is 32.2. The highest BCUT2D eigenvalue weighted by Gasteiger charge is 2.40. The first-order valence-corrected chi connectivity index (χ1v) is 6.40. The van der Waals surface area contributed by atoms with Crippen LogP contribution in [0.3, 0.4) is 0 Å². The highest BCUT2D eigenvalue weighted by molar-refractivity contribution is 8.01. The van der Waals surface area contributed by atoms with E-state index in [1.807, 2.05) is 0 Å². The third-order valence-electron chi connectivity index (χ3n) is 3.49. The van der Waals surface area contributed by atoms with Gasteiger partial charge in [0.1, 0.15) is 0 Å². The normalized spacial score (nSPS) is 36.5. The standard InChI is InChI=1S/C11H23NS/c1-4-10(3)13-11(8-12)7-5-6-9(11)2/h9-10H,4-8,12H2,1-3H3. The van der Waals surface area contributed by atoms with E-state index in [1.165, 1.54) is 25.7 Å². The molecule has 0 saturated heterocycles. The number of hydrogen-bond acceptors (Lipinski definition) is 2. The van der Waals surface area contributed by atoms with Crippen LogP contribution in [0.5, 0.6) is 0 Å². The van der Waals surface area contributed by atoms with Gasteiger partial charge in [-0.25, -0.2) is 0 Å². The minimum Gasteiger partial charge on any atom is -0.329 e. The summed E-state index contributed by atoms with van der Waals surface area (Å²) in [5.74, 6) is 0.816. The quantitative estimate of drug-likeness (QED) is 0.756. The van der Waals surface area contributed by atoms with E-state index in [-0.39, 0.29) is 0 Å². The number of rotatable bonds is 4. The first kappa shape index (κ1) is 11.4. The maximum Gasteiger partial charge on any atom is 0.0310 e. The van der Waals surface area contributed by atoms with Gasteiger partial charge in [0.15, 0.2) is 0 Å². The molecule has 0 amide bonds. The molecule has 1 aliphatic rings. The smallest absolute Gasteiger partial charge is 0.0310 e. The SMILES string of the molecule is CCC(C)SC1(CN)CCCC1C. The molecule has 13 heavy (non-hydrogen) atoms. The molecular formula is C11H23NS. The Kier molecular flexibility index (Phi) is 4.11. The molecule has 2 heteroatoms. The van der Waals surface area contributed by atoms with E-state index in [0.29, 0.717) is 4.75 Å². The van der Waals surface area contributed by atoms with E-state index in [2.05, 4.69) is 32.5 Å². The second-order valence-electron chi connectivity index (χ2n) is 4.40. The van der Waals surface area contributed by atoms with Gasteiger partial charge in [0, 0.05) is 16.5 Å². The molecule has 78 valence electrons. The van der Waals surface area contributed by atoms with E-state index in [1.54, 1.807) is 0 Å². The van der Waals surface area contributed by atoms with Crippen LogP contribution in [-0.4, -0.2) is 16.5 Å². The van der Waals surface area contributed by atoms with Crippen LogP contribution in [0.1, 0.15) is 46.5 Å². The molecule has 3 unspecified atom stereocenters. The third kappa shape index (κ3) is 2.41. The lowest BCUT2D eigenvalue weighted by Crippen LogP contribution is -2.38. The summed E-state index contributed by atoms with van der Waals surface area (Å²) in [6.45, 7) is 7.83. The van der Waals surface area contributed by atoms with E-state index in [0.717, 1.165) is 17.7 Å². The Morgan fingerprint density at radius 1 is 1.62 bits per heavy atom. The first-order valence-electron chi connectivity index (χ1n) is 5.52. The van der Waals surface area contributed by atoms with E-state index in [9.17, 15) is 0 Å². The van der Waals surface area contributed by atoms with Gasteiger partial charge in [-0.05, 0) is 25.2 Å². The molecule has 1 saturated carbocycles. The molecule has 0 heterocycles. The highest BCUT2D eigenvalue weighted by Crippen LogP contribution is 2.47. The second kappa shape index (κ2) is 4.70. The molecule has 1 rings (SSSR count). The summed E-state index contributed by atoms with van der Waals surface area (Å²) in [6, 6.07) is 0. The number of hydrogen-bond donors (Lipinski definition) is 1. The number of thioether (sulfide) groups is 1. The second-order valence-corrected chi connectivity index (χ2v) is 6.25. The minimum absolute atomic E-state index is 0.412. The molecule has 0 aliphatic heterocycles. The fourth-order valence-electron chi connectivity index (χ4n) is 2.23. The van der Waals surface area contributed by atoms with Gasteiger partial charge >= 0.3 is 0 Å². The molecule has 0 bridgehead atoms. The molecule has 3 atom stereocenters. The van der Waals surface area contributed by atoms with Crippen LogP contribution in [0, 0.1) is 5.92 Å². The zero-order valence-electron chi connectivity index (χ0n) is 9.18. The molecule has 0 aromatic rings. The largest absolute Gasteiger partial charge is 0.329 e. The van der Waals surface area contributed by atoms with Crippen molar-refractivity contribution in [3.8, 4) is 0 Å². The third-order valence-corrected chi connectivity index (χ3v) is 5.47. The molecule has 1 nitrogen and oxygen atoms in total. The van der Waals surface area contributed by atoms with E-state index >= 15 is 0 Å². The maximum atomic E-state index is 5.94. The Hall–Kier alpha value is 0.310. The first-order chi connectivity index (χ1) is 6.14. The Labute approximate surface area is 86.8 Å². The summed E-state index contributed by atoms with van der Waals surface area (Å²) in [5.41, 5.74) is 5.94. The fourth-order valence-corrected chi connectivity index (χ4v) is 3.90. The lowest BCUT2D eigenvalue weighted by Gasteiger charge is -2.34. The average molecular weight is 201 g/mol. The van der Waals surface area contributed by atoms with Crippen LogP contribution in [0.15, 0.2) is 0 Å². The predicted molar refractivity (Wildman–Crippen MR) is 62.1 cm³/mol.